The molecule has 134 valence electrons. The number of amides is 2. The van der Waals surface area contributed by atoms with Crippen LogP contribution < -0.4 is 10.6 Å². The molecule has 2 N–H and O–H groups in total. The lowest BCUT2D eigenvalue weighted by molar-refractivity contribution is -0.127. The number of aryl methyl sites for hydroxylation is 1. The zero-order valence-corrected chi connectivity index (χ0v) is 15.2. The van der Waals surface area contributed by atoms with Crippen LogP contribution in [-0.4, -0.2) is 37.8 Å². The molecule has 2 rings (SSSR count). The van der Waals surface area contributed by atoms with Gasteiger partial charge in [0.25, 0.3) is 0 Å². The third kappa shape index (κ3) is 5.66. The van der Waals surface area contributed by atoms with Gasteiger partial charge in [-0.2, -0.15) is 5.10 Å². The highest BCUT2D eigenvalue weighted by Gasteiger charge is 2.20. The van der Waals surface area contributed by atoms with Crippen molar-refractivity contribution in [3.8, 4) is 11.3 Å². The SMILES string of the molecule is CC(NC(=O)CC(C)(C)C)C(=O)Nc1ccc(-c2cnn(C)c2)nn1. The maximum absolute atomic E-state index is 12.2. The van der Waals surface area contributed by atoms with Crippen LogP contribution in [-0.2, 0) is 16.6 Å². The molecular weight excluding hydrogens is 320 g/mol. The van der Waals surface area contributed by atoms with Crippen LogP contribution in [0.3, 0.4) is 0 Å². The second-order valence-corrected chi connectivity index (χ2v) is 7.22. The smallest absolute Gasteiger partial charge is 0.247 e. The summed E-state index contributed by atoms with van der Waals surface area (Å²) in [5.74, 6) is -0.173. The molecule has 8 nitrogen and oxygen atoms in total. The molecule has 0 radical (unpaired) electrons. The first-order valence-electron chi connectivity index (χ1n) is 8.07. The van der Waals surface area contributed by atoms with Crippen LogP contribution in [0.4, 0.5) is 5.82 Å². The predicted molar refractivity (Wildman–Crippen MR) is 94.5 cm³/mol. The van der Waals surface area contributed by atoms with Gasteiger partial charge in [0.15, 0.2) is 5.82 Å². The van der Waals surface area contributed by atoms with Crippen molar-refractivity contribution in [3.05, 3.63) is 24.5 Å². The fraction of sp³-hybridized carbons (Fsp3) is 0.471. The van der Waals surface area contributed by atoms with E-state index in [4.69, 9.17) is 0 Å². The van der Waals surface area contributed by atoms with Gasteiger partial charge >= 0.3 is 0 Å². The Hall–Kier alpha value is -2.77. The summed E-state index contributed by atoms with van der Waals surface area (Å²) >= 11 is 0. The molecule has 0 spiro atoms. The molecule has 1 atom stereocenters. The van der Waals surface area contributed by atoms with E-state index < -0.39 is 6.04 Å². The van der Waals surface area contributed by atoms with Gasteiger partial charge in [0, 0.05) is 25.2 Å². The van der Waals surface area contributed by atoms with E-state index in [0.717, 1.165) is 5.56 Å². The van der Waals surface area contributed by atoms with Gasteiger partial charge in [0.05, 0.1) is 11.9 Å². The Kier molecular flexibility index (Phi) is 5.51. The molecule has 2 aromatic heterocycles. The molecule has 0 aliphatic carbocycles. The molecule has 0 aliphatic heterocycles. The van der Waals surface area contributed by atoms with Crippen LogP contribution in [0.15, 0.2) is 24.5 Å². The largest absolute Gasteiger partial charge is 0.345 e. The highest BCUT2D eigenvalue weighted by molar-refractivity contribution is 5.96. The van der Waals surface area contributed by atoms with E-state index in [1.807, 2.05) is 34.0 Å². The summed E-state index contributed by atoms with van der Waals surface area (Å²) in [6.45, 7) is 7.54. The van der Waals surface area contributed by atoms with Crippen molar-refractivity contribution >= 4 is 17.6 Å². The third-order valence-corrected chi connectivity index (χ3v) is 3.38. The normalized spacial score (nSPS) is 12.5. The monoisotopic (exact) mass is 344 g/mol. The van der Waals surface area contributed by atoms with Crippen molar-refractivity contribution in [2.24, 2.45) is 12.5 Å². The minimum Gasteiger partial charge on any atom is -0.345 e. The van der Waals surface area contributed by atoms with Gasteiger partial charge in [-0.1, -0.05) is 20.8 Å². The molecule has 2 heterocycles. The number of carbonyl (C=O) groups excluding carboxylic acids is 2. The summed E-state index contributed by atoms with van der Waals surface area (Å²) < 4.78 is 1.68. The Balaban J connectivity index is 1.92. The van der Waals surface area contributed by atoms with Crippen LogP contribution in [0.1, 0.15) is 34.1 Å². The molecule has 2 aromatic rings. The van der Waals surface area contributed by atoms with Crippen molar-refractivity contribution in [2.45, 2.75) is 40.2 Å². The second kappa shape index (κ2) is 7.42. The van der Waals surface area contributed by atoms with E-state index in [2.05, 4.69) is 25.9 Å². The van der Waals surface area contributed by atoms with Crippen molar-refractivity contribution in [3.63, 3.8) is 0 Å². The third-order valence-electron chi connectivity index (χ3n) is 3.38. The first-order chi connectivity index (χ1) is 11.6. The van der Waals surface area contributed by atoms with Crippen LogP contribution >= 0.6 is 0 Å². The van der Waals surface area contributed by atoms with Crippen LogP contribution in [0.2, 0.25) is 0 Å². The number of rotatable bonds is 5. The average Bonchev–Trinajstić information content (AvgIpc) is 2.92. The Bertz CT molecular complexity index is 745. The van der Waals surface area contributed by atoms with E-state index in [9.17, 15) is 9.59 Å². The lowest BCUT2D eigenvalue weighted by atomic mass is 9.92. The molecular formula is C17H24N6O2. The first-order valence-corrected chi connectivity index (χ1v) is 8.07. The summed E-state index contributed by atoms with van der Waals surface area (Å²) in [7, 11) is 1.82. The van der Waals surface area contributed by atoms with Crippen LogP contribution in [0.25, 0.3) is 11.3 Å². The van der Waals surface area contributed by atoms with Gasteiger partial charge in [0.1, 0.15) is 6.04 Å². The summed E-state index contributed by atoms with van der Waals surface area (Å²) in [6.07, 6.45) is 3.87. The fourth-order valence-electron chi connectivity index (χ4n) is 2.18. The van der Waals surface area contributed by atoms with Crippen LogP contribution in [0.5, 0.6) is 0 Å². The summed E-state index contributed by atoms with van der Waals surface area (Å²) in [5.41, 5.74) is 1.38. The van der Waals surface area contributed by atoms with Crippen LogP contribution in [0, 0.1) is 5.41 Å². The number of carbonyl (C=O) groups is 2. The number of anilines is 1. The maximum atomic E-state index is 12.2. The van der Waals surface area contributed by atoms with E-state index in [1.165, 1.54) is 0 Å². The zero-order valence-electron chi connectivity index (χ0n) is 15.2. The average molecular weight is 344 g/mol. The molecule has 0 bridgehead atoms. The van der Waals surface area contributed by atoms with Crippen molar-refractivity contribution in [2.75, 3.05) is 5.32 Å². The van der Waals surface area contributed by atoms with Gasteiger partial charge in [-0.3, -0.25) is 14.3 Å². The number of hydrogen-bond acceptors (Lipinski definition) is 5. The van der Waals surface area contributed by atoms with Gasteiger partial charge in [0.2, 0.25) is 11.8 Å². The lowest BCUT2D eigenvalue weighted by Crippen LogP contribution is -2.42. The predicted octanol–water partition coefficient (Wildman–Crippen LogP) is 1.76. The summed E-state index contributed by atoms with van der Waals surface area (Å²) in [6, 6.07) is 2.76. The number of aromatic nitrogens is 4. The highest BCUT2D eigenvalue weighted by atomic mass is 16.2. The van der Waals surface area contributed by atoms with Gasteiger partial charge < -0.3 is 10.6 Å². The number of hydrogen-bond donors (Lipinski definition) is 2. The Labute approximate surface area is 147 Å². The molecule has 0 aromatic carbocycles. The summed E-state index contributed by atoms with van der Waals surface area (Å²) in [5, 5.41) is 17.5. The summed E-state index contributed by atoms with van der Waals surface area (Å²) in [4.78, 5) is 24.1. The standard InChI is InChI=1S/C17H24N6O2/c1-11(19-15(24)8-17(2,3)4)16(25)20-14-7-6-13(21-22-14)12-9-18-23(5)10-12/h6-7,9-11H,8H2,1-5H3,(H,19,24)(H,20,22,25). The second-order valence-electron chi connectivity index (χ2n) is 7.22. The van der Waals surface area contributed by atoms with E-state index in [-0.39, 0.29) is 17.2 Å². The van der Waals surface area contributed by atoms with Crippen molar-refractivity contribution < 1.29 is 9.59 Å². The van der Waals surface area contributed by atoms with Crippen molar-refractivity contribution in [1.29, 1.82) is 0 Å². The number of nitrogens with zero attached hydrogens (tertiary/aromatic N) is 4. The molecule has 0 saturated heterocycles. The van der Waals surface area contributed by atoms with Gasteiger partial charge in [-0.05, 0) is 24.5 Å². The fourth-order valence-corrected chi connectivity index (χ4v) is 2.18. The molecule has 2 amide bonds. The zero-order chi connectivity index (χ0) is 18.6. The Morgan fingerprint density at radius 1 is 1.24 bits per heavy atom. The molecule has 25 heavy (non-hydrogen) atoms. The molecule has 0 fully saturated rings. The van der Waals surface area contributed by atoms with E-state index in [1.54, 1.807) is 29.9 Å². The molecule has 8 heteroatoms. The minimum atomic E-state index is -0.658. The molecule has 0 aliphatic rings. The van der Waals surface area contributed by atoms with E-state index in [0.29, 0.717) is 17.9 Å². The van der Waals surface area contributed by atoms with Crippen molar-refractivity contribution in [1.82, 2.24) is 25.3 Å². The van der Waals surface area contributed by atoms with E-state index >= 15 is 0 Å². The highest BCUT2D eigenvalue weighted by Crippen LogP contribution is 2.18. The first kappa shape index (κ1) is 18.6. The number of nitrogens with one attached hydrogen (secondary N) is 2. The maximum Gasteiger partial charge on any atom is 0.247 e. The van der Waals surface area contributed by atoms with Gasteiger partial charge in [-0.15, -0.1) is 10.2 Å². The molecule has 1 unspecified atom stereocenters. The topological polar surface area (TPSA) is 102 Å². The molecule has 0 saturated carbocycles. The Morgan fingerprint density at radius 2 is 1.96 bits per heavy atom. The Morgan fingerprint density at radius 3 is 2.48 bits per heavy atom. The van der Waals surface area contributed by atoms with Gasteiger partial charge in [-0.25, -0.2) is 0 Å². The quantitative estimate of drug-likeness (QED) is 0.860. The minimum absolute atomic E-state index is 0.131. The lowest BCUT2D eigenvalue weighted by Gasteiger charge is -2.19.